The second-order valence-corrected chi connectivity index (χ2v) is 18.4. The molecule has 300 valence electrons. The van der Waals surface area contributed by atoms with Crippen LogP contribution in [0, 0.1) is 0 Å². The summed E-state index contributed by atoms with van der Waals surface area (Å²) < 4.78 is 4.71. The molecule has 3 aromatic heterocycles. The van der Waals surface area contributed by atoms with Crippen LogP contribution in [0.25, 0.3) is 77.5 Å². The number of rotatable bonds is 5. The summed E-state index contributed by atoms with van der Waals surface area (Å²) in [6.07, 6.45) is 0. The van der Waals surface area contributed by atoms with E-state index in [1.54, 1.807) is 0 Å². The van der Waals surface area contributed by atoms with Gasteiger partial charge >= 0.3 is 0 Å². The van der Waals surface area contributed by atoms with Crippen LogP contribution < -0.4 is 4.90 Å². The second kappa shape index (κ2) is 12.9. The number of aromatic nitrogens is 3. The third kappa shape index (κ3) is 5.01. The van der Waals surface area contributed by atoms with Gasteiger partial charge in [-0.1, -0.05) is 161 Å². The minimum absolute atomic E-state index is 0.171. The smallest absolute Gasteiger partial charge is 0.142 e. The van der Waals surface area contributed by atoms with Gasteiger partial charge < -0.3 is 4.90 Å². The van der Waals surface area contributed by atoms with Gasteiger partial charge in [0.15, 0.2) is 0 Å². The van der Waals surface area contributed by atoms with Gasteiger partial charge in [-0.25, -0.2) is 4.98 Å². The molecule has 4 nitrogen and oxygen atoms in total. The van der Waals surface area contributed by atoms with Crippen LogP contribution in [0.4, 0.5) is 17.1 Å². The largest absolute Gasteiger partial charge is 0.310 e. The van der Waals surface area contributed by atoms with E-state index >= 15 is 0 Å². The zero-order valence-electron chi connectivity index (χ0n) is 35.8. The van der Waals surface area contributed by atoms with Gasteiger partial charge in [-0.3, -0.25) is 9.13 Å². The fourth-order valence-corrected chi connectivity index (χ4v) is 11.3. The Balaban J connectivity index is 1.13. The lowest BCUT2D eigenvalue weighted by Crippen LogP contribution is -2.18. The first-order valence-electron chi connectivity index (χ1n) is 22.1. The Morgan fingerprint density at radius 1 is 0.333 bits per heavy atom. The van der Waals surface area contributed by atoms with Gasteiger partial charge in [0, 0.05) is 55.9 Å². The first-order valence-corrected chi connectivity index (χ1v) is 22.1. The third-order valence-corrected chi connectivity index (χ3v) is 14.3. The van der Waals surface area contributed by atoms with Crippen LogP contribution >= 0.6 is 0 Å². The molecule has 0 bridgehead atoms. The minimum Gasteiger partial charge on any atom is -0.310 e. The monoisotopic (exact) mass is 808 g/mol. The fourth-order valence-electron chi connectivity index (χ4n) is 11.3. The molecule has 2 aliphatic carbocycles. The topological polar surface area (TPSA) is 26.0 Å². The molecule has 0 aliphatic heterocycles. The Morgan fingerprint density at radius 2 is 0.667 bits per heavy atom. The number of para-hydroxylation sites is 4. The average Bonchev–Trinajstić information content (AvgIpc) is 3.98. The maximum Gasteiger partial charge on any atom is 0.142 e. The van der Waals surface area contributed by atoms with Gasteiger partial charge in [0.2, 0.25) is 0 Å². The molecule has 11 aromatic rings. The summed E-state index contributed by atoms with van der Waals surface area (Å²) in [7, 11) is 0. The molecule has 13 rings (SSSR count). The van der Waals surface area contributed by atoms with Crippen molar-refractivity contribution in [2.75, 3.05) is 4.90 Å². The molecule has 8 aromatic carbocycles. The van der Waals surface area contributed by atoms with Crippen molar-refractivity contribution in [3.8, 4) is 33.9 Å². The fraction of sp³-hybridized carbons (Fsp3) is 0.102. The number of hydrogen-bond donors (Lipinski definition) is 0. The zero-order chi connectivity index (χ0) is 42.2. The molecule has 2 aliphatic rings. The van der Waals surface area contributed by atoms with Crippen molar-refractivity contribution in [3.63, 3.8) is 0 Å². The Morgan fingerprint density at radius 3 is 1.06 bits per heavy atom. The predicted molar refractivity (Wildman–Crippen MR) is 263 cm³/mol. The standard InChI is InChI=1S/C59H44N4/c1-58(2)48-23-11-5-17-40(48)42-31-29-37(33-50(42)58)61(38-30-32-43-41-18-6-12-24-49(41)59(3,4)51(43)34-38)39-35-56(62-52-25-13-7-19-44(52)45-20-8-14-26-53(45)62)60-57(36-39)63-54-27-15-9-21-46(54)47-22-10-16-28-55(47)63/h5-36H,1-4H3. The van der Waals surface area contributed by atoms with Crippen molar-refractivity contribution in [3.05, 3.63) is 216 Å². The van der Waals surface area contributed by atoms with Crippen molar-refractivity contribution in [2.45, 2.75) is 38.5 Å². The maximum atomic E-state index is 5.70. The summed E-state index contributed by atoms with van der Waals surface area (Å²) in [5.74, 6) is 1.71. The number of benzene rings is 8. The Labute approximate surface area is 366 Å². The van der Waals surface area contributed by atoms with Crippen molar-refractivity contribution in [1.29, 1.82) is 0 Å². The van der Waals surface area contributed by atoms with E-state index in [1.807, 2.05) is 0 Å². The number of pyridine rings is 1. The molecule has 0 fully saturated rings. The van der Waals surface area contributed by atoms with Gasteiger partial charge in [0.25, 0.3) is 0 Å². The molecule has 0 N–H and O–H groups in total. The Bertz CT molecular complexity index is 3360. The SMILES string of the molecule is CC1(C)c2ccccc2-c2ccc(N(c3cc(-n4c5ccccc5c5ccccc54)nc(-n4c5ccccc5c5ccccc54)c3)c3ccc4c(c3)C(C)(C)c3ccccc3-4)cc21. The van der Waals surface area contributed by atoms with E-state index in [9.17, 15) is 0 Å². The summed E-state index contributed by atoms with van der Waals surface area (Å²) >= 11 is 0. The number of nitrogens with zero attached hydrogens (tertiary/aromatic N) is 4. The summed E-state index contributed by atoms with van der Waals surface area (Å²) in [6, 6.07) is 71.6. The van der Waals surface area contributed by atoms with Crippen LogP contribution in [-0.4, -0.2) is 14.1 Å². The van der Waals surface area contributed by atoms with Gasteiger partial charge in [-0.05, 0) is 93.0 Å². The molecule has 4 heteroatoms. The quantitative estimate of drug-likeness (QED) is 0.173. The van der Waals surface area contributed by atoms with E-state index in [0.717, 1.165) is 50.8 Å². The summed E-state index contributed by atoms with van der Waals surface area (Å²) in [5.41, 5.74) is 18.0. The van der Waals surface area contributed by atoms with E-state index in [-0.39, 0.29) is 10.8 Å². The molecule has 0 radical (unpaired) electrons. The van der Waals surface area contributed by atoms with E-state index in [4.69, 9.17) is 4.98 Å². The minimum atomic E-state index is -0.171. The van der Waals surface area contributed by atoms with Gasteiger partial charge in [0.05, 0.1) is 27.8 Å². The van der Waals surface area contributed by atoms with E-state index in [2.05, 4.69) is 236 Å². The van der Waals surface area contributed by atoms with Crippen LogP contribution in [-0.2, 0) is 10.8 Å². The van der Waals surface area contributed by atoms with Gasteiger partial charge in [-0.2, -0.15) is 0 Å². The van der Waals surface area contributed by atoms with E-state index < -0.39 is 0 Å². The molecule has 0 saturated heterocycles. The van der Waals surface area contributed by atoms with Crippen LogP contribution in [0.3, 0.4) is 0 Å². The van der Waals surface area contributed by atoms with Crippen molar-refractivity contribution >= 4 is 60.7 Å². The number of anilines is 3. The number of hydrogen-bond acceptors (Lipinski definition) is 2. The second-order valence-electron chi connectivity index (χ2n) is 18.4. The molecule has 3 heterocycles. The highest BCUT2D eigenvalue weighted by atomic mass is 15.2. The Hall–Kier alpha value is -7.69. The first-order chi connectivity index (χ1) is 30.8. The first kappa shape index (κ1) is 36.0. The van der Waals surface area contributed by atoms with Crippen molar-refractivity contribution in [2.24, 2.45) is 0 Å². The molecular formula is C59H44N4. The molecular weight excluding hydrogens is 765 g/mol. The molecule has 0 amide bonds. The van der Waals surface area contributed by atoms with Crippen LogP contribution in [0.15, 0.2) is 194 Å². The Kier molecular flexibility index (Phi) is 7.38. The normalized spacial score (nSPS) is 14.3. The number of fused-ring (bicyclic) bond motifs is 12. The maximum absolute atomic E-state index is 5.70. The highest BCUT2D eigenvalue weighted by molar-refractivity contribution is 6.10. The lowest BCUT2D eigenvalue weighted by Gasteiger charge is -2.30. The zero-order valence-corrected chi connectivity index (χ0v) is 35.8. The van der Waals surface area contributed by atoms with Gasteiger partial charge in [0.1, 0.15) is 11.6 Å². The molecule has 0 unspecified atom stereocenters. The van der Waals surface area contributed by atoms with Crippen LogP contribution in [0.1, 0.15) is 49.9 Å². The molecule has 0 saturated carbocycles. The van der Waals surface area contributed by atoms with E-state index in [1.165, 1.54) is 66.1 Å². The van der Waals surface area contributed by atoms with Crippen molar-refractivity contribution < 1.29 is 0 Å². The highest BCUT2D eigenvalue weighted by Crippen LogP contribution is 2.53. The average molecular weight is 809 g/mol. The molecule has 0 spiro atoms. The lowest BCUT2D eigenvalue weighted by atomic mass is 9.82. The third-order valence-electron chi connectivity index (χ3n) is 14.3. The van der Waals surface area contributed by atoms with Crippen molar-refractivity contribution in [1.82, 2.24) is 14.1 Å². The van der Waals surface area contributed by atoms with Crippen LogP contribution in [0.5, 0.6) is 0 Å². The van der Waals surface area contributed by atoms with Gasteiger partial charge in [-0.15, -0.1) is 0 Å². The highest BCUT2D eigenvalue weighted by Gasteiger charge is 2.38. The summed E-state index contributed by atoms with van der Waals surface area (Å²) in [5, 5.41) is 4.82. The van der Waals surface area contributed by atoms with E-state index in [0.29, 0.717) is 0 Å². The molecule has 0 atom stereocenters. The summed E-state index contributed by atoms with van der Waals surface area (Å²) in [4.78, 5) is 8.19. The molecule has 63 heavy (non-hydrogen) atoms. The summed E-state index contributed by atoms with van der Waals surface area (Å²) in [6.45, 7) is 9.48. The predicted octanol–water partition coefficient (Wildman–Crippen LogP) is 15.4. The lowest BCUT2D eigenvalue weighted by molar-refractivity contribution is 0.660. The van der Waals surface area contributed by atoms with Crippen LogP contribution in [0.2, 0.25) is 0 Å².